The molecule has 9 heteroatoms. The third kappa shape index (κ3) is 5.90. The van der Waals surface area contributed by atoms with Crippen molar-refractivity contribution in [3.63, 3.8) is 0 Å². The number of nitrogens with zero attached hydrogens (tertiary/aromatic N) is 3. The molecule has 0 bridgehead atoms. The fraction of sp³-hybridized carbons (Fsp3) is 0.452. The molecule has 3 aromatic carbocycles. The highest BCUT2D eigenvalue weighted by atomic mass is 19.4. The average Bonchev–Trinajstić information content (AvgIpc) is 3.40. The topological polar surface area (TPSA) is 48.1 Å². The molecule has 5 rings (SSSR count). The van der Waals surface area contributed by atoms with Crippen LogP contribution in [-0.4, -0.2) is 73.7 Å². The molecule has 0 saturated carbocycles. The molecule has 1 N–H and O–H groups in total. The molecule has 2 fully saturated rings. The predicted octanol–water partition coefficient (Wildman–Crippen LogP) is 5.16. The Morgan fingerprint density at radius 1 is 1.00 bits per heavy atom. The van der Waals surface area contributed by atoms with E-state index in [4.69, 9.17) is 4.74 Å². The summed E-state index contributed by atoms with van der Waals surface area (Å²) in [6.45, 7) is 7.71. The van der Waals surface area contributed by atoms with Crippen LogP contribution in [0.4, 0.5) is 18.9 Å². The molecule has 1 amide bonds. The van der Waals surface area contributed by atoms with Crippen molar-refractivity contribution >= 4 is 22.4 Å². The number of nitrogens with one attached hydrogen (secondary N) is 1. The van der Waals surface area contributed by atoms with E-state index in [2.05, 4.69) is 42.3 Å². The first-order chi connectivity index (χ1) is 19.2. The van der Waals surface area contributed by atoms with Gasteiger partial charge >= 0.3 is 6.18 Å². The van der Waals surface area contributed by atoms with Crippen LogP contribution in [0, 0.1) is 0 Å². The summed E-state index contributed by atoms with van der Waals surface area (Å²) >= 11 is 0. The Hall–Kier alpha value is -3.30. The van der Waals surface area contributed by atoms with Crippen LogP contribution in [0.1, 0.15) is 31.4 Å². The number of piperazine rings is 1. The zero-order chi connectivity index (χ0) is 28.4. The first-order valence-corrected chi connectivity index (χ1v) is 13.9. The van der Waals surface area contributed by atoms with Crippen molar-refractivity contribution in [1.29, 1.82) is 0 Å². The standard InChI is InChI=1S/C31H37F3N4O2/c1-21(2)38-20-24(35-19-22-11-12-29(40-3)27-10-5-4-9-26(22)27)18-28(38)30(39)37-15-13-36(14-16-37)25-8-6-7-23(17-25)31(32,33)34/h4-12,17,21,24,28,35H,13-16,18-20H2,1-3H3/t24-,28-/m0/s1. The summed E-state index contributed by atoms with van der Waals surface area (Å²) in [6.07, 6.45) is -3.65. The molecule has 0 aromatic heterocycles. The second-order valence-corrected chi connectivity index (χ2v) is 11.0. The number of anilines is 1. The number of likely N-dealkylation sites (tertiary alicyclic amines) is 1. The van der Waals surface area contributed by atoms with E-state index >= 15 is 0 Å². The van der Waals surface area contributed by atoms with E-state index < -0.39 is 11.7 Å². The molecule has 3 aromatic rings. The number of amides is 1. The lowest BCUT2D eigenvalue weighted by Gasteiger charge is -2.39. The van der Waals surface area contributed by atoms with Crippen molar-refractivity contribution in [2.24, 2.45) is 0 Å². The minimum absolute atomic E-state index is 0.108. The molecular formula is C31H37F3N4O2. The van der Waals surface area contributed by atoms with Crippen LogP contribution in [0.3, 0.4) is 0 Å². The maximum Gasteiger partial charge on any atom is 0.416 e. The molecule has 214 valence electrons. The number of methoxy groups -OCH3 is 1. The second kappa shape index (κ2) is 11.7. The predicted molar refractivity (Wildman–Crippen MR) is 152 cm³/mol. The van der Waals surface area contributed by atoms with Crippen LogP contribution in [-0.2, 0) is 17.5 Å². The number of carbonyl (C=O) groups excluding carboxylic acids is 1. The Morgan fingerprint density at radius 2 is 1.73 bits per heavy atom. The first-order valence-electron chi connectivity index (χ1n) is 13.9. The molecule has 2 atom stereocenters. The summed E-state index contributed by atoms with van der Waals surface area (Å²) < 4.78 is 45.1. The highest BCUT2D eigenvalue weighted by Gasteiger charge is 2.40. The van der Waals surface area contributed by atoms with Crippen LogP contribution in [0.25, 0.3) is 10.8 Å². The van der Waals surface area contributed by atoms with Gasteiger partial charge in [0.2, 0.25) is 5.91 Å². The van der Waals surface area contributed by atoms with E-state index in [9.17, 15) is 18.0 Å². The van der Waals surface area contributed by atoms with Gasteiger partial charge in [-0.3, -0.25) is 9.69 Å². The maximum atomic E-state index is 13.7. The lowest BCUT2D eigenvalue weighted by molar-refractivity contribution is -0.137. The quantitative estimate of drug-likeness (QED) is 0.438. The van der Waals surface area contributed by atoms with Gasteiger partial charge in [0.1, 0.15) is 5.75 Å². The van der Waals surface area contributed by atoms with Crippen LogP contribution < -0.4 is 15.0 Å². The molecule has 2 heterocycles. The normalized spacial score (nSPS) is 20.5. The number of alkyl halides is 3. The van der Waals surface area contributed by atoms with Crippen LogP contribution in [0.2, 0.25) is 0 Å². The van der Waals surface area contributed by atoms with Crippen molar-refractivity contribution in [3.05, 3.63) is 71.8 Å². The molecule has 2 aliphatic rings. The van der Waals surface area contributed by atoms with Crippen molar-refractivity contribution < 1.29 is 22.7 Å². The fourth-order valence-corrected chi connectivity index (χ4v) is 6.02. The molecule has 2 aliphatic heterocycles. The molecule has 0 spiro atoms. The van der Waals surface area contributed by atoms with E-state index in [1.807, 2.05) is 28.0 Å². The molecule has 2 saturated heterocycles. The largest absolute Gasteiger partial charge is 0.496 e. The summed E-state index contributed by atoms with van der Waals surface area (Å²) in [4.78, 5) is 19.8. The van der Waals surface area contributed by atoms with Crippen LogP contribution >= 0.6 is 0 Å². The minimum Gasteiger partial charge on any atom is -0.496 e. The van der Waals surface area contributed by atoms with Crippen molar-refractivity contribution in [1.82, 2.24) is 15.1 Å². The monoisotopic (exact) mass is 554 g/mol. The number of rotatable bonds is 7. The Balaban J connectivity index is 1.21. The number of hydrogen-bond acceptors (Lipinski definition) is 5. The Kier molecular flexibility index (Phi) is 8.24. The summed E-state index contributed by atoms with van der Waals surface area (Å²) in [5.74, 6) is 0.960. The summed E-state index contributed by atoms with van der Waals surface area (Å²) in [5, 5.41) is 5.93. The van der Waals surface area contributed by atoms with Gasteiger partial charge in [-0.1, -0.05) is 36.4 Å². The van der Waals surface area contributed by atoms with E-state index in [0.29, 0.717) is 38.4 Å². The highest BCUT2D eigenvalue weighted by Crippen LogP contribution is 2.32. The zero-order valence-electron chi connectivity index (χ0n) is 23.2. The third-order valence-corrected chi connectivity index (χ3v) is 8.19. The van der Waals surface area contributed by atoms with Gasteiger partial charge in [-0.2, -0.15) is 13.2 Å². The summed E-state index contributed by atoms with van der Waals surface area (Å²) in [7, 11) is 1.68. The number of carbonyl (C=O) groups is 1. The average molecular weight is 555 g/mol. The molecule has 6 nitrogen and oxygen atoms in total. The molecular weight excluding hydrogens is 517 g/mol. The summed E-state index contributed by atoms with van der Waals surface area (Å²) in [6, 6.07) is 17.9. The number of hydrogen-bond donors (Lipinski definition) is 1. The molecule has 0 radical (unpaired) electrons. The molecule has 40 heavy (non-hydrogen) atoms. The highest BCUT2D eigenvalue weighted by molar-refractivity contribution is 5.91. The smallest absolute Gasteiger partial charge is 0.416 e. The van der Waals surface area contributed by atoms with Gasteiger partial charge in [0.15, 0.2) is 0 Å². The first kappa shape index (κ1) is 28.2. The molecule has 0 aliphatic carbocycles. The van der Waals surface area contributed by atoms with E-state index in [0.717, 1.165) is 35.6 Å². The number of ether oxygens (including phenoxy) is 1. The van der Waals surface area contributed by atoms with Crippen LogP contribution in [0.5, 0.6) is 5.75 Å². The van der Waals surface area contributed by atoms with Crippen molar-refractivity contribution in [3.8, 4) is 5.75 Å². The number of fused-ring (bicyclic) bond motifs is 1. The van der Waals surface area contributed by atoms with E-state index in [-0.39, 0.29) is 24.0 Å². The minimum atomic E-state index is -4.37. The van der Waals surface area contributed by atoms with Gasteiger partial charge in [0.25, 0.3) is 0 Å². The Bertz CT molecular complexity index is 1340. The van der Waals surface area contributed by atoms with Crippen LogP contribution in [0.15, 0.2) is 60.7 Å². The Labute approximate surface area is 233 Å². The maximum absolute atomic E-state index is 13.7. The Morgan fingerprint density at radius 3 is 2.40 bits per heavy atom. The van der Waals surface area contributed by atoms with Gasteiger partial charge < -0.3 is 19.9 Å². The fourth-order valence-electron chi connectivity index (χ4n) is 6.02. The lowest BCUT2D eigenvalue weighted by Crippen LogP contribution is -2.54. The summed E-state index contributed by atoms with van der Waals surface area (Å²) in [5.41, 5.74) is 1.08. The van der Waals surface area contributed by atoms with Gasteiger partial charge in [0, 0.05) is 62.4 Å². The van der Waals surface area contributed by atoms with Crippen molar-refractivity contribution in [2.75, 3.05) is 44.7 Å². The van der Waals surface area contributed by atoms with Gasteiger partial charge in [0.05, 0.1) is 18.7 Å². The SMILES string of the molecule is COc1ccc(CN[C@H]2C[C@@H](C(=O)N3CCN(c4cccc(C(F)(F)F)c4)CC3)N(C(C)C)C2)c2ccccc12. The molecule has 0 unspecified atom stereocenters. The second-order valence-electron chi connectivity index (χ2n) is 11.0. The van der Waals surface area contributed by atoms with E-state index in [1.54, 1.807) is 13.2 Å². The lowest BCUT2D eigenvalue weighted by atomic mass is 10.0. The van der Waals surface area contributed by atoms with Gasteiger partial charge in [-0.25, -0.2) is 0 Å². The third-order valence-electron chi connectivity index (χ3n) is 8.19. The number of benzene rings is 3. The van der Waals surface area contributed by atoms with E-state index in [1.165, 1.54) is 17.7 Å². The number of halogens is 3. The van der Waals surface area contributed by atoms with Gasteiger partial charge in [-0.05, 0) is 55.5 Å². The van der Waals surface area contributed by atoms with Gasteiger partial charge in [-0.15, -0.1) is 0 Å². The van der Waals surface area contributed by atoms with Crippen molar-refractivity contribution in [2.45, 2.75) is 51.1 Å². The zero-order valence-corrected chi connectivity index (χ0v) is 23.2.